The van der Waals surface area contributed by atoms with Crippen molar-refractivity contribution in [1.29, 1.82) is 0 Å². The van der Waals surface area contributed by atoms with E-state index >= 15 is 0 Å². The van der Waals surface area contributed by atoms with Crippen LogP contribution in [0.3, 0.4) is 0 Å². The summed E-state index contributed by atoms with van der Waals surface area (Å²) in [4.78, 5) is 1.67. The van der Waals surface area contributed by atoms with Gasteiger partial charge in [0.25, 0.3) is 10.0 Å². The zero-order valence-electron chi connectivity index (χ0n) is 12.0. The fourth-order valence-corrected chi connectivity index (χ4v) is 5.93. The molecule has 0 aliphatic rings. The Kier molecular flexibility index (Phi) is 4.44. The molecule has 0 amide bonds. The molecule has 0 spiro atoms. The summed E-state index contributed by atoms with van der Waals surface area (Å²) >= 11 is 4.26. The number of rotatable bonds is 4. The summed E-state index contributed by atoms with van der Waals surface area (Å²) < 4.78 is 32.0. The number of hydrogen-bond acceptors (Lipinski definition) is 5. The average Bonchev–Trinajstić information content (AvgIpc) is 3.13. The molecule has 0 atom stereocenters. The second kappa shape index (κ2) is 6.19. The minimum absolute atomic E-state index is 0.275. The highest BCUT2D eigenvalue weighted by molar-refractivity contribution is 7.98. The molecule has 0 bridgehead atoms. The van der Waals surface area contributed by atoms with Crippen molar-refractivity contribution >= 4 is 54.7 Å². The highest BCUT2D eigenvalue weighted by Crippen LogP contribution is 2.25. The van der Waals surface area contributed by atoms with Crippen molar-refractivity contribution in [1.82, 2.24) is 4.57 Å². The van der Waals surface area contributed by atoms with Gasteiger partial charge in [0.1, 0.15) is 4.21 Å². The maximum Gasteiger partial charge on any atom is 0.294 e. The predicted octanol–water partition coefficient (Wildman–Crippen LogP) is 3.80. The highest BCUT2D eigenvalue weighted by Gasteiger charge is 2.15. The van der Waals surface area contributed by atoms with Gasteiger partial charge in [-0.2, -0.15) is 8.42 Å². The van der Waals surface area contributed by atoms with E-state index in [1.165, 1.54) is 22.7 Å². The summed E-state index contributed by atoms with van der Waals surface area (Å²) in [6, 6.07) is 9.45. The number of thiazole rings is 1. The van der Waals surface area contributed by atoms with Gasteiger partial charge >= 0.3 is 0 Å². The van der Waals surface area contributed by atoms with Crippen LogP contribution in [0.1, 0.15) is 6.92 Å². The SMILES string of the molecule is CCn1c(=NS(=O)(=O)c2cccs2)sc2cc(SC)ccc21. The Morgan fingerprint density at radius 1 is 1.32 bits per heavy atom. The van der Waals surface area contributed by atoms with Gasteiger partial charge in [-0.1, -0.05) is 17.4 Å². The van der Waals surface area contributed by atoms with Crippen LogP contribution in [-0.2, 0) is 16.6 Å². The topological polar surface area (TPSA) is 51.4 Å². The van der Waals surface area contributed by atoms with Crippen molar-refractivity contribution in [3.63, 3.8) is 0 Å². The normalized spacial score (nSPS) is 13.1. The van der Waals surface area contributed by atoms with Crippen molar-refractivity contribution in [3.8, 4) is 0 Å². The zero-order chi connectivity index (χ0) is 15.7. The van der Waals surface area contributed by atoms with Crippen LogP contribution in [0.15, 0.2) is 49.2 Å². The minimum Gasteiger partial charge on any atom is -0.316 e. The van der Waals surface area contributed by atoms with Gasteiger partial charge in [-0.15, -0.1) is 27.5 Å². The zero-order valence-corrected chi connectivity index (χ0v) is 15.3. The van der Waals surface area contributed by atoms with Crippen LogP contribution in [0, 0.1) is 0 Å². The number of benzene rings is 1. The summed E-state index contributed by atoms with van der Waals surface area (Å²) in [5.74, 6) is 0. The predicted molar refractivity (Wildman–Crippen MR) is 94.3 cm³/mol. The summed E-state index contributed by atoms with van der Waals surface area (Å²) in [5.41, 5.74) is 1.02. The van der Waals surface area contributed by atoms with E-state index in [2.05, 4.69) is 10.5 Å². The largest absolute Gasteiger partial charge is 0.316 e. The molecule has 0 radical (unpaired) electrons. The summed E-state index contributed by atoms with van der Waals surface area (Å²) in [6.07, 6.45) is 2.02. The molecular weight excluding hydrogens is 356 g/mol. The fraction of sp³-hybridized carbons (Fsp3) is 0.214. The quantitative estimate of drug-likeness (QED) is 0.657. The van der Waals surface area contributed by atoms with Gasteiger partial charge in [0, 0.05) is 11.4 Å². The third-order valence-electron chi connectivity index (χ3n) is 3.15. The van der Waals surface area contributed by atoms with E-state index < -0.39 is 10.0 Å². The molecule has 0 unspecified atom stereocenters. The van der Waals surface area contributed by atoms with Gasteiger partial charge in [-0.3, -0.25) is 0 Å². The first kappa shape index (κ1) is 15.8. The number of aryl methyl sites for hydroxylation is 1. The van der Waals surface area contributed by atoms with Crippen LogP contribution in [0.4, 0.5) is 0 Å². The minimum atomic E-state index is -3.64. The number of sulfonamides is 1. The monoisotopic (exact) mass is 370 g/mol. The molecule has 0 fully saturated rings. The van der Waals surface area contributed by atoms with E-state index in [4.69, 9.17) is 0 Å². The molecule has 2 heterocycles. The number of nitrogens with zero attached hydrogens (tertiary/aromatic N) is 2. The van der Waals surface area contributed by atoms with Gasteiger partial charge < -0.3 is 4.57 Å². The Balaban J connectivity index is 2.24. The Hall–Kier alpha value is -1.09. The van der Waals surface area contributed by atoms with Crippen molar-refractivity contribution in [2.75, 3.05) is 6.26 Å². The first-order valence-corrected chi connectivity index (χ1v) is 10.9. The molecule has 1 aromatic carbocycles. The fourth-order valence-electron chi connectivity index (χ4n) is 2.11. The lowest BCUT2D eigenvalue weighted by Crippen LogP contribution is -2.15. The molecule has 0 aliphatic heterocycles. The average molecular weight is 371 g/mol. The number of thiophene rings is 1. The molecule has 22 heavy (non-hydrogen) atoms. The van der Waals surface area contributed by atoms with Crippen LogP contribution >= 0.6 is 34.4 Å². The summed E-state index contributed by atoms with van der Waals surface area (Å²) in [5, 5.41) is 1.74. The van der Waals surface area contributed by atoms with E-state index in [0.29, 0.717) is 11.3 Å². The molecule has 116 valence electrons. The molecule has 0 saturated carbocycles. The standard InChI is InChI=1S/C14H14N2O2S4/c1-3-16-11-7-6-10(19-2)9-12(11)21-14(16)15-22(17,18)13-5-4-8-20-13/h4-9H,3H2,1-2H3. The van der Waals surface area contributed by atoms with Crippen molar-refractivity contribution < 1.29 is 8.42 Å². The Bertz CT molecular complexity index is 966. The molecular formula is C14H14N2O2S4. The second-order valence-corrected chi connectivity index (χ2v) is 9.13. The number of fused-ring (bicyclic) bond motifs is 1. The van der Waals surface area contributed by atoms with E-state index in [0.717, 1.165) is 15.1 Å². The lowest BCUT2D eigenvalue weighted by molar-refractivity contribution is 0.597. The van der Waals surface area contributed by atoms with E-state index in [-0.39, 0.29) is 4.21 Å². The van der Waals surface area contributed by atoms with Crippen LogP contribution < -0.4 is 4.80 Å². The Morgan fingerprint density at radius 3 is 2.77 bits per heavy atom. The molecule has 8 heteroatoms. The highest BCUT2D eigenvalue weighted by atomic mass is 32.2. The van der Waals surface area contributed by atoms with Crippen LogP contribution in [0.5, 0.6) is 0 Å². The van der Waals surface area contributed by atoms with E-state index in [1.54, 1.807) is 29.3 Å². The smallest absolute Gasteiger partial charge is 0.294 e. The van der Waals surface area contributed by atoms with Gasteiger partial charge in [0.2, 0.25) is 4.80 Å². The third kappa shape index (κ3) is 2.88. The van der Waals surface area contributed by atoms with Gasteiger partial charge in [0.15, 0.2) is 0 Å². The van der Waals surface area contributed by atoms with Gasteiger partial charge in [0.05, 0.1) is 10.2 Å². The van der Waals surface area contributed by atoms with Crippen molar-refractivity contribution in [2.45, 2.75) is 22.6 Å². The van der Waals surface area contributed by atoms with Crippen LogP contribution in [0.25, 0.3) is 10.2 Å². The Morgan fingerprint density at radius 2 is 2.14 bits per heavy atom. The lowest BCUT2D eigenvalue weighted by atomic mass is 10.3. The number of hydrogen-bond donors (Lipinski definition) is 0. The third-order valence-corrected chi connectivity index (χ3v) is 7.68. The van der Waals surface area contributed by atoms with Crippen LogP contribution in [0.2, 0.25) is 0 Å². The Labute approximate surface area is 141 Å². The number of thioether (sulfide) groups is 1. The molecule has 0 N–H and O–H groups in total. The van der Waals surface area contributed by atoms with Crippen LogP contribution in [-0.4, -0.2) is 19.2 Å². The van der Waals surface area contributed by atoms with Crippen molar-refractivity contribution in [2.24, 2.45) is 4.40 Å². The first-order chi connectivity index (χ1) is 10.5. The molecule has 2 aromatic heterocycles. The number of aromatic nitrogens is 1. The second-order valence-electron chi connectivity index (χ2n) is 4.46. The van der Waals surface area contributed by atoms with E-state index in [9.17, 15) is 8.42 Å². The van der Waals surface area contributed by atoms with Gasteiger partial charge in [-0.25, -0.2) is 0 Å². The molecule has 3 aromatic rings. The summed E-state index contributed by atoms with van der Waals surface area (Å²) in [6.45, 7) is 2.67. The van der Waals surface area contributed by atoms with E-state index in [1.807, 2.05) is 29.9 Å². The maximum absolute atomic E-state index is 12.4. The maximum atomic E-state index is 12.4. The molecule has 0 saturated heterocycles. The van der Waals surface area contributed by atoms with Gasteiger partial charge in [-0.05, 0) is 42.8 Å². The first-order valence-electron chi connectivity index (χ1n) is 6.57. The lowest BCUT2D eigenvalue weighted by Gasteiger charge is -2.01. The molecule has 3 rings (SSSR count). The van der Waals surface area contributed by atoms with Crippen molar-refractivity contribution in [3.05, 3.63) is 40.5 Å². The molecule has 4 nitrogen and oxygen atoms in total. The summed E-state index contributed by atoms with van der Waals surface area (Å²) in [7, 11) is -3.64. The molecule has 0 aliphatic carbocycles.